The summed E-state index contributed by atoms with van der Waals surface area (Å²) in [5, 5.41) is 17.4. The van der Waals surface area contributed by atoms with Crippen LogP contribution in [0.1, 0.15) is 18.4 Å². The van der Waals surface area contributed by atoms with Gasteiger partial charge in [-0.05, 0) is 54.7 Å². The predicted molar refractivity (Wildman–Crippen MR) is 77.4 cm³/mol. The molecule has 1 aliphatic heterocycles. The lowest BCUT2D eigenvalue weighted by molar-refractivity contribution is -0.385. The number of halogens is 1. The Bertz CT molecular complexity index is 475. The van der Waals surface area contributed by atoms with Crippen LogP contribution in [0.5, 0.6) is 0 Å². The van der Waals surface area contributed by atoms with Crippen LogP contribution < -0.4 is 10.6 Å². The van der Waals surface area contributed by atoms with E-state index in [1.54, 1.807) is 6.92 Å². The first kappa shape index (κ1) is 14.2. The van der Waals surface area contributed by atoms with E-state index in [9.17, 15) is 10.1 Å². The van der Waals surface area contributed by atoms with Gasteiger partial charge >= 0.3 is 0 Å². The van der Waals surface area contributed by atoms with Crippen LogP contribution in [0.15, 0.2) is 10.7 Å². The van der Waals surface area contributed by atoms with Crippen LogP contribution in [0.3, 0.4) is 0 Å². The quantitative estimate of drug-likeness (QED) is 0.641. The lowest BCUT2D eigenvalue weighted by Gasteiger charge is -2.12. The molecule has 2 heterocycles. The Balaban J connectivity index is 1.96. The molecule has 1 aromatic heterocycles. The van der Waals surface area contributed by atoms with Gasteiger partial charge < -0.3 is 10.6 Å². The third-order valence-corrected chi connectivity index (χ3v) is 4.41. The standard InChI is InChI=1S/C12H17BrN4O2/c1-8-10(17(18)19)7-16-12(11(8)13)15-5-3-9-2-4-14-6-9/h7,9,14H,2-6H2,1H3,(H,15,16). The second-order valence-corrected chi connectivity index (χ2v) is 5.56. The van der Waals surface area contributed by atoms with Crippen molar-refractivity contribution in [1.82, 2.24) is 10.3 Å². The van der Waals surface area contributed by atoms with Gasteiger partial charge in [0.1, 0.15) is 12.0 Å². The van der Waals surface area contributed by atoms with Crippen molar-refractivity contribution < 1.29 is 4.92 Å². The largest absolute Gasteiger partial charge is 0.369 e. The molecule has 1 unspecified atom stereocenters. The van der Waals surface area contributed by atoms with E-state index in [4.69, 9.17) is 0 Å². The molecule has 0 bridgehead atoms. The number of hydrogen-bond acceptors (Lipinski definition) is 5. The number of pyridine rings is 1. The zero-order valence-corrected chi connectivity index (χ0v) is 12.4. The Morgan fingerprint density at radius 1 is 1.68 bits per heavy atom. The van der Waals surface area contributed by atoms with Gasteiger partial charge in [-0.3, -0.25) is 10.1 Å². The molecule has 1 fully saturated rings. The summed E-state index contributed by atoms with van der Waals surface area (Å²) in [5.41, 5.74) is 0.641. The molecule has 6 nitrogen and oxygen atoms in total. The Hall–Kier alpha value is -1.21. The summed E-state index contributed by atoms with van der Waals surface area (Å²) in [6.45, 7) is 4.73. The molecule has 104 valence electrons. The summed E-state index contributed by atoms with van der Waals surface area (Å²) < 4.78 is 0.672. The molecule has 0 saturated carbocycles. The van der Waals surface area contributed by atoms with Crippen LogP contribution in [0.4, 0.5) is 11.5 Å². The second-order valence-electron chi connectivity index (χ2n) is 4.76. The van der Waals surface area contributed by atoms with Crippen molar-refractivity contribution in [2.45, 2.75) is 19.8 Å². The van der Waals surface area contributed by atoms with E-state index in [0.717, 1.165) is 26.1 Å². The average molecular weight is 329 g/mol. The van der Waals surface area contributed by atoms with E-state index in [-0.39, 0.29) is 5.69 Å². The van der Waals surface area contributed by atoms with E-state index < -0.39 is 4.92 Å². The zero-order valence-electron chi connectivity index (χ0n) is 10.8. The normalized spacial score (nSPS) is 18.5. The lowest BCUT2D eigenvalue weighted by atomic mass is 10.1. The minimum absolute atomic E-state index is 0.0393. The van der Waals surface area contributed by atoms with Gasteiger partial charge in [0.2, 0.25) is 0 Å². The van der Waals surface area contributed by atoms with E-state index >= 15 is 0 Å². The number of nitrogens with zero attached hydrogens (tertiary/aromatic N) is 2. The molecule has 2 rings (SSSR count). The smallest absolute Gasteiger partial charge is 0.291 e. The van der Waals surface area contributed by atoms with Gasteiger partial charge in [-0.2, -0.15) is 0 Å². The predicted octanol–water partition coefficient (Wildman–Crippen LogP) is 2.47. The Morgan fingerprint density at radius 3 is 3.11 bits per heavy atom. The molecule has 0 radical (unpaired) electrons. The molecule has 19 heavy (non-hydrogen) atoms. The minimum Gasteiger partial charge on any atom is -0.369 e. The molecule has 1 atom stereocenters. The van der Waals surface area contributed by atoms with E-state index in [0.29, 0.717) is 21.8 Å². The summed E-state index contributed by atoms with van der Waals surface area (Å²) in [7, 11) is 0. The zero-order chi connectivity index (χ0) is 13.8. The van der Waals surface area contributed by atoms with Crippen LogP contribution >= 0.6 is 15.9 Å². The highest BCUT2D eigenvalue weighted by molar-refractivity contribution is 9.10. The molecule has 0 aliphatic carbocycles. The molecular formula is C12H17BrN4O2. The molecule has 1 aliphatic rings. The summed E-state index contributed by atoms with van der Waals surface area (Å²) in [4.78, 5) is 14.5. The van der Waals surface area contributed by atoms with Crippen LogP contribution in [0.2, 0.25) is 0 Å². The van der Waals surface area contributed by atoms with Crippen molar-refractivity contribution in [2.24, 2.45) is 5.92 Å². The van der Waals surface area contributed by atoms with Gasteiger partial charge in [0.25, 0.3) is 5.69 Å². The van der Waals surface area contributed by atoms with Crippen molar-refractivity contribution in [3.8, 4) is 0 Å². The van der Waals surface area contributed by atoms with Crippen LogP contribution in [-0.4, -0.2) is 29.5 Å². The maximum Gasteiger partial charge on any atom is 0.291 e. The fourth-order valence-corrected chi connectivity index (χ4v) is 2.68. The topological polar surface area (TPSA) is 80.1 Å². The fourth-order valence-electron chi connectivity index (χ4n) is 2.23. The monoisotopic (exact) mass is 328 g/mol. The van der Waals surface area contributed by atoms with E-state index in [2.05, 4.69) is 31.5 Å². The molecule has 0 aromatic carbocycles. The Labute approximate surface area is 120 Å². The molecule has 0 amide bonds. The maximum atomic E-state index is 10.8. The number of nitrogens with one attached hydrogen (secondary N) is 2. The number of rotatable bonds is 5. The van der Waals surface area contributed by atoms with Gasteiger partial charge in [-0.15, -0.1) is 0 Å². The summed E-state index contributed by atoms with van der Waals surface area (Å²) in [6, 6.07) is 0. The highest BCUT2D eigenvalue weighted by Gasteiger charge is 2.18. The first-order valence-electron chi connectivity index (χ1n) is 6.33. The molecule has 1 aromatic rings. The summed E-state index contributed by atoms with van der Waals surface area (Å²) in [5.74, 6) is 1.39. The van der Waals surface area contributed by atoms with Gasteiger partial charge in [0, 0.05) is 12.1 Å². The van der Waals surface area contributed by atoms with Gasteiger partial charge in [-0.1, -0.05) is 0 Å². The van der Waals surface area contributed by atoms with Crippen molar-refractivity contribution in [2.75, 3.05) is 25.0 Å². The first-order chi connectivity index (χ1) is 9.09. The molecule has 1 saturated heterocycles. The Morgan fingerprint density at radius 2 is 2.47 bits per heavy atom. The van der Waals surface area contributed by atoms with Crippen molar-refractivity contribution in [3.63, 3.8) is 0 Å². The molecule has 2 N–H and O–H groups in total. The van der Waals surface area contributed by atoms with Crippen molar-refractivity contribution in [3.05, 3.63) is 26.3 Å². The highest BCUT2D eigenvalue weighted by atomic mass is 79.9. The average Bonchev–Trinajstić information content (AvgIpc) is 2.87. The maximum absolute atomic E-state index is 10.8. The number of nitro groups is 1. The van der Waals surface area contributed by atoms with E-state index in [1.807, 2.05) is 0 Å². The molecule has 7 heteroatoms. The first-order valence-corrected chi connectivity index (χ1v) is 7.13. The van der Waals surface area contributed by atoms with Crippen molar-refractivity contribution >= 4 is 27.4 Å². The third kappa shape index (κ3) is 3.42. The summed E-state index contributed by atoms with van der Waals surface area (Å²) in [6.07, 6.45) is 3.60. The fraction of sp³-hybridized carbons (Fsp3) is 0.583. The summed E-state index contributed by atoms with van der Waals surface area (Å²) >= 11 is 3.37. The van der Waals surface area contributed by atoms with Gasteiger partial charge in [-0.25, -0.2) is 4.98 Å². The van der Waals surface area contributed by atoms with Crippen LogP contribution in [-0.2, 0) is 0 Å². The van der Waals surface area contributed by atoms with Crippen LogP contribution in [0, 0.1) is 23.0 Å². The van der Waals surface area contributed by atoms with Gasteiger partial charge in [0.05, 0.1) is 9.40 Å². The minimum atomic E-state index is -0.416. The number of hydrogen-bond donors (Lipinski definition) is 2. The van der Waals surface area contributed by atoms with Gasteiger partial charge in [0.15, 0.2) is 0 Å². The lowest BCUT2D eigenvalue weighted by Crippen LogP contribution is -2.13. The second kappa shape index (κ2) is 6.29. The van der Waals surface area contributed by atoms with Crippen molar-refractivity contribution in [1.29, 1.82) is 0 Å². The Kier molecular flexibility index (Phi) is 4.71. The SMILES string of the molecule is Cc1c([N+](=O)[O-])cnc(NCCC2CCNC2)c1Br. The van der Waals surface area contributed by atoms with E-state index in [1.165, 1.54) is 12.6 Å². The molecule has 0 spiro atoms. The molecular weight excluding hydrogens is 312 g/mol. The number of aromatic nitrogens is 1. The number of anilines is 1. The van der Waals surface area contributed by atoms with Crippen LogP contribution in [0.25, 0.3) is 0 Å². The third-order valence-electron chi connectivity index (χ3n) is 3.44. The highest BCUT2D eigenvalue weighted by Crippen LogP contribution is 2.30.